The lowest BCUT2D eigenvalue weighted by Gasteiger charge is -2.30. The number of hydrogen-bond donors (Lipinski definition) is 2. The van der Waals surface area contributed by atoms with Gasteiger partial charge in [0.1, 0.15) is 5.69 Å². The lowest BCUT2D eigenvalue weighted by atomic mass is 9.90. The van der Waals surface area contributed by atoms with Crippen LogP contribution in [0.5, 0.6) is 0 Å². The molecule has 0 unspecified atom stereocenters. The quantitative estimate of drug-likeness (QED) is 0.636. The van der Waals surface area contributed by atoms with Crippen LogP contribution in [0.25, 0.3) is 0 Å². The highest BCUT2D eigenvalue weighted by molar-refractivity contribution is 7.91. The molecule has 2 aromatic rings. The zero-order chi connectivity index (χ0) is 25.2. The van der Waals surface area contributed by atoms with Crippen LogP contribution in [0, 0.1) is 6.92 Å². The normalized spacial score (nSPS) is 22.5. The van der Waals surface area contributed by atoms with E-state index in [-0.39, 0.29) is 29.5 Å². The lowest BCUT2D eigenvalue weighted by Crippen LogP contribution is -2.40. The van der Waals surface area contributed by atoms with E-state index in [0.29, 0.717) is 30.0 Å². The van der Waals surface area contributed by atoms with Gasteiger partial charge in [0.05, 0.1) is 11.5 Å². The zero-order valence-corrected chi connectivity index (χ0v) is 20.3. The molecule has 2 N–H and O–H groups in total. The molecule has 0 spiro atoms. The van der Waals surface area contributed by atoms with Crippen LogP contribution in [-0.4, -0.2) is 56.0 Å². The molecule has 11 heteroatoms. The summed E-state index contributed by atoms with van der Waals surface area (Å²) in [6, 6.07) is 9.81. The fourth-order valence-electron chi connectivity index (χ4n) is 4.58. The highest BCUT2D eigenvalue weighted by Gasteiger charge is 2.33. The minimum absolute atomic E-state index is 0.00237. The second kappa shape index (κ2) is 10.0. The van der Waals surface area contributed by atoms with Gasteiger partial charge in [-0.05, 0) is 69.0 Å². The third-order valence-electron chi connectivity index (χ3n) is 6.52. The van der Waals surface area contributed by atoms with Crippen molar-refractivity contribution < 1.29 is 26.4 Å². The van der Waals surface area contributed by atoms with Crippen molar-refractivity contribution in [2.45, 2.75) is 50.9 Å². The zero-order valence-electron chi connectivity index (χ0n) is 19.4. The van der Waals surface area contributed by atoms with Gasteiger partial charge < -0.3 is 15.5 Å². The van der Waals surface area contributed by atoms with Gasteiger partial charge in [-0.3, -0.25) is 4.79 Å². The van der Waals surface area contributed by atoms with Crippen LogP contribution in [0.3, 0.4) is 0 Å². The first-order chi connectivity index (χ1) is 16.5. The summed E-state index contributed by atoms with van der Waals surface area (Å²) in [5, 5.41) is 6.24. The summed E-state index contributed by atoms with van der Waals surface area (Å²) in [4.78, 5) is 18.3. The number of aromatic nitrogens is 1. The van der Waals surface area contributed by atoms with Gasteiger partial charge >= 0.3 is 6.18 Å². The first-order valence-electron chi connectivity index (χ1n) is 11.7. The van der Waals surface area contributed by atoms with Crippen LogP contribution in [0.1, 0.15) is 47.4 Å². The monoisotopic (exact) mass is 510 g/mol. The van der Waals surface area contributed by atoms with Gasteiger partial charge in [0.2, 0.25) is 0 Å². The maximum Gasteiger partial charge on any atom is 0.433 e. The minimum atomic E-state index is -4.49. The largest absolute Gasteiger partial charge is 0.433 e. The second-order valence-electron chi connectivity index (χ2n) is 9.23. The molecule has 2 heterocycles. The number of amides is 1. The van der Waals surface area contributed by atoms with Gasteiger partial charge in [-0.1, -0.05) is 0 Å². The van der Waals surface area contributed by atoms with Crippen LogP contribution < -0.4 is 15.5 Å². The van der Waals surface area contributed by atoms with Gasteiger partial charge in [0, 0.05) is 47.8 Å². The molecule has 1 amide bonds. The van der Waals surface area contributed by atoms with E-state index in [1.165, 1.54) is 6.92 Å². The molecular weight excluding hydrogens is 481 g/mol. The van der Waals surface area contributed by atoms with Gasteiger partial charge in [-0.25, -0.2) is 13.4 Å². The number of carbonyl (C=O) groups is 1. The fourth-order valence-corrected chi connectivity index (χ4v) is 5.78. The maximum atomic E-state index is 13.0. The molecule has 1 saturated heterocycles. The Kier molecular flexibility index (Phi) is 7.25. The topological polar surface area (TPSA) is 91.4 Å². The van der Waals surface area contributed by atoms with Crippen molar-refractivity contribution in [3.05, 3.63) is 53.3 Å². The summed E-state index contributed by atoms with van der Waals surface area (Å²) < 4.78 is 62.3. The Bertz CT molecular complexity index is 1150. The van der Waals surface area contributed by atoms with Crippen LogP contribution in [0.4, 0.5) is 24.5 Å². The van der Waals surface area contributed by atoms with Crippen molar-refractivity contribution >= 4 is 27.1 Å². The average molecular weight is 511 g/mol. The summed E-state index contributed by atoms with van der Waals surface area (Å²) in [6.45, 7) is 2.43. The number of alkyl halides is 3. The summed E-state index contributed by atoms with van der Waals surface area (Å²) in [5.74, 6) is 0.0994. The van der Waals surface area contributed by atoms with Crippen molar-refractivity contribution in [3.8, 4) is 0 Å². The lowest BCUT2D eigenvalue weighted by molar-refractivity contribution is -0.141. The molecule has 1 aliphatic carbocycles. The van der Waals surface area contributed by atoms with E-state index < -0.39 is 21.7 Å². The summed E-state index contributed by atoms with van der Waals surface area (Å²) in [6.07, 6.45) is -1.59. The van der Waals surface area contributed by atoms with Crippen LogP contribution >= 0.6 is 0 Å². The van der Waals surface area contributed by atoms with Gasteiger partial charge in [-0.15, -0.1) is 0 Å². The number of pyridine rings is 1. The van der Waals surface area contributed by atoms with E-state index >= 15 is 0 Å². The molecule has 0 bridgehead atoms. The SMILES string of the molecule is Cc1cc(N[C@H]2CC[C@@H](NC(=O)c3ccc(N4CCS(=O)(=O)CC4)cc3)CC2)cc(C(F)(F)F)n1. The molecule has 7 nitrogen and oxygen atoms in total. The van der Waals surface area contributed by atoms with E-state index in [1.807, 2.05) is 17.0 Å². The Hall–Kier alpha value is -2.82. The summed E-state index contributed by atoms with van der Waals surface area (Å²) >= 11 is 0. The second-order valence-corrected chi connectivity index (χ2v) is 11.5. The van der Waals surface area contributed by atoms with Crippen LogP contribution in [-0.2, 0) is 16.0 Å². The van der Waals surface area contributed by atoms with Crippen molar-refractivity contribution in [1.29, 1.82) is 0 Å². The Morgan fingerprint density at radius 2 is 1.60 bits per heavy atom. The van der Waals surface area contributed by atoms with E-state index in [0.717, 1.165) is 37.4 Å². The number of hydrogen-bond acceptors (Lipinski definition) is 6. The van der Waals surface area contributed by atoms with Crippen molar-refractivity contribution in [2.75, 3.05) is 34.8 Å². The van der Waals surface area contributed by atoms with E-state index in [1.54, 1.807) is 18.2 Å². The van der Waals surface area contributed by atoms with E-state index in [9.17, 15) is 26.4 Å². The number of anilines is 2. The van der Waals surface area contributed by atoms with Gasteiger partial charge in [-0.2, -0.15) is 13.2 Å². The average Bonchev–Trinajstić information content (AvgIpc) is 2.79. The molecule has 2 fully saturated rings. The van der Waals surface area contributed by atoms with Crippen molar-refractivity contribution in [2.24, 2.45) is 0 Å². The standard InChI is InChI=1S/C24H29F3N4O3S/c1-16-14-20(15-22(28-16)24(25,26)27)29-18-4-6-19(7-5-18)30-23(32)17-2-8-21(9-3-17)31-10-12-35(33,34)13-11-31/h2-3,8-9,14-15,18-19H,4-7,10-13H2,1H3,(H,28,29)(H,30,32)/t18-,19+. The van der Waals surface area contributed by atoms with E-state index in [2.05, 4.69) is 15.6 Å². The highest BCUT2D eigenvalue weighted by atomic mass is 32.2. The predicted octanol–water partition coefficient (Wildman–Crippen LogP) is 3.80. The van der Waals surface area contributed by atoms with Crippen molar-refractivity contribution in [1.82, 2.24) is 10.3 Å². The summed E-state index contributed by atoms with van der Waals surface area (Å²) in [5.41, 5.74) is 1.23. The maximum absolute atomic E-state index is 13.0. The first-order valence-corrected chi connectivity index (χ1v) is 13.5. The Balaban J connectivity index is 1.27. The van der Waals surface area contributed by atoms with Crippen LogP contribution in [0.2, 0.25) is 0 Å². The smallest absolute Gasteiger partial charge is 0.382 e. The molecule has 190 valence electrons. The first kappa shape index (κ1) is 25.3. The number of halogens is 3. The molecule has 0 atom stereocenters. The number of rotatable bonds is 5. The number of carbonyl (C=O) groups excluding carboxylic acids is 1. The van der Waals surface area contributed by atoms with Gasteiger partial charge in [0.15, 0.2) is 9.84 Å². The Labute approximate surface area is 203 Å². The molecule has 35 heavy (non-hydrogen) atoms. The molecule has 1 aromatic heterocycles. The highest BCUT2D eigenvalue weighted by Crippen LogP contribution is 2.31. The third kappa shape index (κ3) is 6.65. The Morgan fingerprint density at radius 1 is 1.00 bits per heavy atom. The molecule has 0 radical (unpaired) electrons. The Morgan fingerprint density at radius 3 is 2.20 bits per heavy atom. The number of nitrogens with one attached hydrogen (secondary N) is 2. The molecule has 4 rings (SSSR count). The number of sulfone groups is 1. The molecule has 1 aromatic carbocycles. The molecular formula is C24H29F3N4O3S. The van der Waals surface area contributed by atoms with Gasteiger partial charge in [0.25, 0.3) is 5.91 Å². The third-order valence-corrected chi connectivity index (χ3v) is 8.13. The number of benzene rings is 1. The molecule has 1 saturated carbocycles. The van der Waals surface area contributed by atoms with Crippen LogP contribution in [0.15, 0.2) is 36.4 Å². The number of aryl methyl sites for hydroxylation is 1. The minimum Gasteiger partial charge on any atom is -0.382 e. The van der Waals surface area contributed by atoms with Crippen molar-refractivity contribution in [3.63, 3.8) is 0 Å². The number of nitrogens with zero attached hydrogens (tertiary/aromatic N) is 2. The molecule has 2 aliphatic rings. The predicted molar refractivity (Wildman–Crippen MR) is 128 cm³/mol. The fraction of sp³-hybridized carbons (Fsp3) is 0.500. The summed E-state index contributed by atoms with van der Waals surface area (Å²) in [7, 11) is -2.95. The van der Waals surface area contributed by atoms with E-state index in [4.69, 9.17) is 0 Å². The molecule has 1 aliphatic heterocycles.